The molecule has 1 saturated heterocycles. The van der Waals surface area contributed by atoms with Crippen molar-refractivity contribution in [3.05, 3.63) is 33.4 Å². The van der Waals surface area contributed by atoms with Crippen molar-refractivity contribution in [2.24, 2.45) is 5.92 Å². The van der Waals surface area contributed by atoms with Crippen LogP contribution in [0.5, 0.6) is 0 Å². The number of nitrogens with zero attached hydrogens (tertiary/aromatic N) is 1. The van der Waals surface area contributed by atoms with Crippen LogP contribution in [0.15, 0.2) is 24.3 Å². The molecule has 104 valence electrons. The zero-order valence-corrected chi connectivity index (χ0v) is 13.5. The molecule has 2 rings (SSSR count). The second-order valence-electron chi connectivity index (χ2n) is 5.04. The van der Waals surface area contributed by atoms with Crippen molar-refractivity contribution >= 4 is 28.5 Å². The van der Waals surface area contributed by atoms with E-state index in [1.54, 1.807) is 0 Å². The van der Waals surface area contributed by atoms with Gasteiger partial charge >= 0.3 is 0 Å². The molecular formula is C15H21IN2O. The molecule has 1 fully saturated rings. The predicted octanol–water partition coefficient (Wildman–Crippen LogP) is 2.75. The summed E-state index contributed by atoms with van der Waals surface area (Å²) in [5.41, 5.74) is 0.802. The summed E-state index contributed by atoms with van der Waals surface area (Å²) in [6, 6.07) is 7.84. The number of amides is 1. The molecule has 0 bridgehead atoms. The topological polar surface area (TPSA) is 32.3 Å². The lowest BCUT2D eigenvalue weighted by molar-refractivity contribution is 0.0727. The van der Waals surface area contributed by atoms with Crippen molar-refractivity contribution in [1.29, 1.82) is 0 Å². The van der Waals surface area contributed by atoms with Gasteiger partial charge < -0.3 is 10.2 Å². The van der Waals surface area contributed by atoms with Crippen molar-refractivity contribution in [3.63, 3.8) is 0 Å². The van der Waals surface area contributed by atoms with E-state index in [4.69, 9.17) is 0 Å². The van der Waals surface area contributed by atoms with Gasteiger partial charge in [-0.3, -0.25) is 4.79 Å². The third-order valence-corrected chi connectivity index (χ3v) is 4.42. The van der Waals surface area contributed by atoms with Crippen LogP contribution in [0.1, 0.15) is 30.1 Å². The molecule has 1 aliphatic heterocycles. The smallest absolute Gasteiger partial charge is 0.253 e. The van der Waals surface area contributed by atoms with Crippen LogP contribution in [-0.4, -0.2) is 37.0 Å². The van der Waals surface area contributed by atoms with E-state index >= 15 is 0 Å². The third kappa shape index (κ3) is 4.18. The number of rotatable bonds is 4. The fourth-order valence-corrected chi connectivity index (χ4v) is 2.87. The number of hydrogen-bond acceptors (Lipinski definition) is 2. The van der Waals surface area contributed by atoms with Crippen LogP contribution < -0.4 is 5.32 Å². The van der Waals surface area contributed by atoms with Crippen molar-refractivity contribution in [3.8, 4) is 0 Å². The second kappa shape index (κ2) is 7.24. The molecule has 1 heterocycles. The van der Waals surface area contributed by atoms with E-state index in [-0.39, 0.29) is 5.91 Å². The van der Waals surface area contributed by atoms with Crippen molar-refractivity contribution < 1.29 is 4.79 Å². The van der Waals surface area contributed by atoms with Crippen LogP contribution in [0.4, 0.5) is 0 Å². The molecule has 19 heavy (non-hydrogen) atoms. The molecule has 0 saturated carbocycles. The van der Waals surface area contributed by atoms with Gasteiger partial charge in [-0.25, -0.2) is 0 Å². The third-order valence-electron chi connectivity index (χ3n) is 3.70. The predicted molar refractivity (Wildman–Crippen MR) is 86.3 cm³/mol. The van der Waals surface area contributed by atoms with E-state index in [1.807, 2.05) is 29.2 Å². The molecule has 0 atom stereocenters. The lowest BCUT2D eigenvalue weighted by Gasteiger charge is -2.29. The fourth-order valence-electron chi connectivity index (χ4n) is 2.51. The minimum absolute atomic E-state index is 0.164. The molecule has 3 nitrogen and oxygen atoms in total. The summed E-state index contributed by atoms with van der Waals surface area (Å²) in [5.74, 6) is 0.812. The summed E-state index contributed by atoms with van der Waals surface area (Å²) in [5, 5.41) is 3.37. The Kier molecular flexibility index (Phi) is 5.63. The molecule has 0 radical (unpaired) electrons. The van der Waals surface area contributed by atoms with Crippen LogP contribution in [0.25, 0.3) is 0 Å². The maximum absolute atomic E-state index is 12.5. The highest BCUT2D eigenvalue weighted by Crippen LogP contribution is 2.16. The first-order valence-electron chi connectivity index (χ1n) is 6.96. The molecule has 1 N–H and O–H groups in total. The minimum Gasteiger partial charge on any atom is -0.339 e. The summed E-state index contributed by atoms with van der Waals surface area (Å²) >= 11 is 2.26. The minimum atomic E-state index is 0.164. The van der Waals surface area contributed by atoms with Crippen molar-refractivity contribution in [2.75, 3.05) is 26.2 Å². The Labute approximate surface area is 128 Å². The van der Waals surface area contributed by atoms with E-state index in [0.717, 1.165) is 35.3 Å². The van der Waals surface area contributed by atoms with Crippen molar-refractivity contribution in [1.82, 2.24) is 10.2 Å². The Hall–Kier alpha value is -0.620. The van der Waals surface area contributed by atoms with E-state index in [0.29, 0.717) is 5.92 Å². The lowest BCUT2D eigenvalue weighted by Crippen LogP contribution is -2.39. The molecule has 0 aliphatic carbocycles. The molecule has 0 unspecified atom stereocenters. The standard InChI is InChI=1S/C15H21IN2O/c1-2-18(11-12-7-9-17-10-8-12)15(19)13-3-5-14(16)6-4-13/h3-6,12,17H,2,7-11H2,1H3. The summed E-state index contributed by atoms with van der Waals surface area (Å²) in [6.45, 7) is 5.91. The van der Waals surface area contributed by atoms with Gasteiger partial charge in [-0.2, -0.15) is 0 Å². The zero-order chi connectivity index (χ0) is 13.7. The molecule has 1 aromatic rings. The highest BCUT2D eigenvalue weighted by Gasteiger charge is 2.20. The largest absolute Gasteiger partial charge is 0.339 e. The van der Waals surface area contributed by atoms with Crippen molar-refractivity contribution in [2.45, 2.75) is 19.8 Å². The lowest BCUT2D eigenvalue weighted by atomic mass is 9.97. The van der Waals surface area contributed by atoms with Crippen LogP contribution in [-0.2, 0) is 0 Å². The van der Waals surface area contributed by atoms with Gasteiger partial charge in [-0.05, 0) is 85.6 Å². The highest BCUT2D eigenvalue weighted by atomic mass is 127. The van der Waals surface area contributed by atoms with Gasteiger partial charge in [0.25, 0.3) is 5.91 Å². The molecule has 1 aliphatic rings. The second-order valence-corrected chi connectivity index (χ2v) is 6.29. The van der Waals surface area contributed by atoms with E-state index in [1.165, 1.54) is 12.8 Å². The maximum atomic E-state index is 12.5. The average molecular weight is 372 g/mol. The molecule has 0 spiro atoms. The molecule has 1 amide bonds. The normalized spacial score (nSPS) is 16.3. The van der Waals surface area contributed by atoms with Crippen LogP contribution in [0.3, 0.4) is 0 Å². The Bertz CT molecular complexity index is 413. The number of carbonyl (C=O) groups excluding carboxylic acids is 1. The number of carbonyl (C=O) groups is 1. The molecular weight excluding hydrogens is 351 g/mol. The Morgan fingerprint density at radius 2 is 1.95 bits per heavy atom. The van der Waals surface area contributed by atoms with Gasteiger partial charge in [0.1, 0.15) is 0 Å². The summed E-state index contributed by atoms with van der Waals surface area (Å²) in [7, 11) is 0. The van der Waals surface area contributed by atoms with Gasteiger partial charge in [0.15, 0.2) is 0 Å². The number of piperidine rings is 1. The Morgan fingerprint density at radius 1 is 1.32 bits per heavy atom. The van der Waals surface area contributed by atoms with Crippen LogP contribution in [0.2, 0.25) is 0 Å². The SMILES string of the molecule is CCN(CC1CCNCC1)C(=O)c1ccc(I)cc1. The van der Waals surface area contributed by atoms with Gasteiger partial charge in [0, 0.05) is 22.2 Å². The Morgan fingerprint density at radius 3 is 2.53 bits per heavy atom. The van der Waals surface area contributed by atoms with E-state index in [2.05, 4.69) is 34.8 Å². The number of benzene rings is 1. The van der Waals surface area contributed by atoms with Gasteiger partial charge in [-0.15, -0.1) is 0 Å². The molecule has 1 aromatic carbocycles. The first kappa shape index (κ1) is 14.8. The first-order valence-corrected chi connectivity index (χ1v) is 8.04. The first-order chi connectivity index (χ1) is 9.20. The fraction of sp³-hybridized carbons (Fsp3) is 0.533. The number of halogens is 1. The number of hydrogen-bond donors (Lipinski definition) is 1. The van der Waals surface area contributed by atoms with Gasteiger partial charge in [-0.1, -0.05) is 0 Å². The highest BCUT2D eigenvalue weighted by molar-refractivity contribution is 14.1. The van der Waals surface area contributed by atoms with Gasteiger partial charge in [0.05, 0.1) is 0 Å². The van der Waals surface area contributed by atoms with Gasteiger partial charge in [0.2, 0.25) is 0 Å². The monoisotopic (exact) mass is 372 g/mol. The summed E-state index contributed by atoms with van der Waals surface area (Å²) in [4.78, 5) is 14.5. The summed E-state index contributed by atoms with van der Waals surface area (Å²) < 4.78 is 1.16. The van der Waals surface area contributed by atoms with E-state index in [9.17, 15) is 4.79 Å². The quantitative estimate of drug-likeness (QED) is 0.825. The molecule has 0 aromatic heterocycles. The van der Waals surface area contributed by atoms with Crippen LogP contribution >= 0.6 is 22.6 Å². The zero-order valence-electron chi connectivity index (χ0n) is 11.4. The maximum Gasteiger partial charge on any atom is 0.253 e. The molecule has 4 heteroatoms. The van der Waals surface area contributed by atoms with E-state index < -0.39 is 0 Å². The van der Waals surface area contributed by atoms with Crippen LogP contribution in [0, 0.1) is 9.49 Å². The average Bonchev–Trinajstić information content (AvgIpc) is 2.46. The number of nitrogens with one attached hydrogen (secondary N) is 1. The Balaban J connectivity index is 1.99. The summed E-state index contributed by atoms with van der Waals surface area (Å²) in [6.07, 6.45) is 2.35.